The maximum atomic E-state index is 12.7. The van der Waals surface area contributed by atoms with E-state index >= 15 is 0 Å². The van der Waals surface area contributed by atoms with E-state index in [0.29, 0.717) is 54.4 Å². The number of amides is 1. The van der Waals surface area contributed by atoms with Crippen LogP contribution in [0.1, 0.15) is 18.5 Å². The van der Waals surface area contributed by atoms with Crippen molar-refractivity contribution in [2.75, 3.05) is 24.7 Å². The standard InChI is InChI=1S/C20H22N4O4S/c1-13-16(22-18(25)14-8-10-24(11-9-14)29(2,26)27)12-17-20(21-13)28-19(23-17)15-6-4-3-5-7-15/h3-7,12,14H,8-11H2,1-2H3,(H,22,25). The van der Waals surface area contributed by atoms with Crippen molar-refractivity contribution in [3.63, 3.8) is 0 Å². The number of benzene rings is 1. The molecule has 1 aliphatic heterocycles. The summed E-state index contributed by atoms with van der Waals surface area (Å²) in [6, 6.07) is 11.3. The highest BCUT2D eigenvalue weighted by atomic mass is 32.2. The first-order chi connectivity index (χ1) is 13.8. The number of aromatic nitrogens is 2. The average molecular weight is 414 g/mol. The number of sulfonamides is 1. The second-order valence-electron chi connectivity index (χ2n) is 7.26. The predicted octanol–water partition coefficient (Wildman–Crippen LogP) is 2.81. The molecular weight excluding hydrogens is 392 g/mol. The van der Waals surface area contributed by atoms with E-state index in [-0.39, 0.29) is 11.8 Å². The van der Waals surface area contributed by atoms with Crippen LogP contribution in [-0.4, -0.2) is 47.9 Å². The van der Waals surface area contributed by atoms with E-state index in [1.165, 1.54) is 10.6 Å². The molecule has 0 radical (unpaired) electrons. The Hall–Kier alpha value is -2.78. The molecule has 1 amide bonds. The molecule has 4 rings (SSSR count). The molecule has 29 heavy (non-hydrogen) atoms. The Morgan fingerprint density at radius 3 is 2.52 bits per heavy atom. The molecule has 1 saturated heterocycles. The third-order valence-corrected chi connectivity index (χ3v) is 6.45. The Balaban J connectivity index is 1.51. The fourth-order valence-corrected chi connectivity index (χ4v) is 4.34. The van der Waals surface area contributed by atoms with Gasteiger partial charge in [-0.25, -0.2) is 22.7 Å². The second kappa shape index (κ2) is 7.57. The maximum Gasteiger partial charge on any atom is 0.247 e. The Morgan fingerprint density at radius 2 is 1.86 bits per heavy atom. The molecule has 0 aliphatic carbocycles. The Bertz CT molecular complexity index is 1150. The van der Waals surface area contributed by atoms with E-state index in [1.54, 1.807) is 13.0 Å². The summed E-state index contributed by atoms with van der Waals surface area (Å²) in [5.74, 6) is 0.110. The number of pyridine rings is 1. The first kappa shape index (κ1) is 19.5. The normalized spacial score (nSPS) is 16.2. The van der Waals surface area contributed by atoms with Crippen LogP contribution in [-0.2, 0) is 14.8 Å². The van der Waals surface area contributed by atoms with Crippen molar-refractivity contribution in [2.24, 2.45) is 5.92 Å². The van der Waals surface area contributed by atoms with Gasteiger partial charge in [0.15, 0.2) is 0 Å². The number of carbonyl (C=O) groups is 1. The monoisotopic (exact) mass is 414 g/mol. The number of anilines is 1. The van der Waals surface area contributed by atoms with Crippen LogP contribution in [0.3, 0.4) is 0 Å². The third kappa shape index (κ3) is 4.15. The first-order valence-electron chi connectivity index (χ1n) is 9.41. The first-order valence-corrected chi connectivity index (χ1v) is 11.3. The zero-order valence-corrected chi connectivity index (χ0v) is 17.1. The van der Waals surface area contributed by atoms with Gasteiger partial charge in [-0.2, -0.15) is 0 Å². The van der Waals surface area contributed by atoms with Gasteiger partial charge in [0.25, 0.3) is 0 Å². The SMILES string of the molecule is Cc1nc2oc(-c3ccccc3)nc2cc1NC(=O)C1CCN(S(C)(=O)=O)CC1. The van der Waals surface area contributed by atoms with Crippen molar-refractivity contribution in [1.29, 1.82) is 0 Å². The third-order valence-electron chi connectivity index (χ3n) is 5.15. The molecule has 1 fully saturated rings. The number of rotatable bonds is 4. The zero-order chi connectivity index (χ0) is 20.6. The van der Waals surface area contributed by atoms with Crippen LogP contribution < -0.4 is 5.32 Å². The van der Waals surface area contributed by atoms with E-state index in [0.717, 1.165) is 5.56 Å². The Morgan fingerprint density at radius 1 is 1.17 bits per heavy atom. The van der Waals surface area contributed by atoms with Crippen molar-refractivity contribution < 1.29 is 17.6 Å². The van der Waals surface area contributed by atoms with Gasteiger partial charge in [-0.05, 0) is 38.0 Å². The van der Waals surface area contributed by atoms with Gasteiger partial charge in [0, 0.05) is 24.6 Å². The molecule has 0 saturated carbocycles. The summed E-state index contributed by atoms with van der Waals surface area (Å²) in [6.07, 6.45) is 2.19. The number of aryl methyl sites for hydroxylation is 1. The van der Waals surface area contributed by atoms with Crippen molar-refractivity contribution in [3.8, 4) is 11.5 Å². The summed E-state index contributed by atoms with van der Waals surface area (Å²) in [5.41, 5.74) is 3.06. The van der Waals surface area contributed by atoms with Gasteiger partial charge in [0.1, 0.15) is 5.52 Å². The molecule has 2 aromatic heterocycles. The number of hydrogen-bond donors (Lipinski definition) is 1. The second-order valence-corrected chi connectivity index (χ2v) is 9.24. The minimum atomic E-state index is -3.21. The smallest absolute Gasteiger partial charge is 0.247 e. The van der Waals surface area contributed by atoms with E-state index in [4.69, 9.17) is 4.42 Å². The van der Waals surface area contributed by atoms with Gasteiger partial charge in [0.2, 0.25) is 27.5 Å². The summed E-state index contributed by atoms with van der Waals surface area (Å²) in [7, 11) is -3.21. The highest BCUT2D eigenvalue weighted by molar-refractivity contribution is 7.88. The number of hydrogen-bond acceptors (Lipinski definition) is 6. The molecule has 3 aromatic rings. The lowest BCUT2D eigenvalue weighted by atomic mass is 9.97. The molecule has 9 heteroatoms. The molecule has 152 valence electrons. The van der Waals surface area contributed by atoms with Crippen LogP contribution in [0.2, 0.25) is 0 Å². The lowest BCUT2D eigenvalue weighted by Gasteiger charge is -2.29. The number of piperidine rings is 1. The molecule has 3 heterocycles. The lowest BCUT2D eigenvalue weighted by Crippen LogP contribution is -2.40. The quantitative estimate of drug-likeness (QED) is 0.704. The largest absolute Gasteiger partial charge is 0.418 e. The molecular formula is C20H22N4O4S. The fraction of sp³-hybridized carbons (Fsp3) is 0.350. The van der Waals surface area contributed by atoms with Crippen LogP contribution in [0.15, 0.2) is 40.8 Å². The fourth-order valence-electron chi connectivity index (χ4n) is 3.47. The highest BCUT2D eigenvalue weighted by Crippen LogP contribution is 2.27. The predicted molar refractivity (Wildman–Crippen MR) is 110 cm³/mol. The maximum absolute atomic E-state index is 12.7. The summed E-state index contributed by atoms with van der Waals surface area (Å²) in [6.45, 7) is 2.51. The van der Waals surface area contributed by atoms with Crippen molar-refractivity contribution in [3.05, 3.63) is 42.1 Å². The molecule has 0 bridgehead atoms. The van der Waals surface area contributed by atoms with Gasteiger partial charge in [-0.3, -0.25) is 4.79 Å². The minimum Gasteiger partial charge on any atom is -0.418 e. The van der Waals surface area contributed by atoms with Crippen LogP contribution >= 0.6 is 0 Å². The Kier molecular flexibility index (Phi) is 5.10. The molecule has 0 unspecified atom stereocenters. The average Bonchev–Trinajstić information content (AvgIpc) is 3.11. The van der Waals surface area contributed by atoms with Gasteiger partial charge >= 0.3 is 0 Å². The highest BCUT2D eigenvalue weighted by Gasteiger charge is 2.29. The summed E-state index contributed by atoms with van der Waals surface area (Å²) in [5, 5.41) is 2.92. The zero-order valence-electron chi connectivity index (χ0n) is 16.3. The topological polar surface area (TPSA) is 105 Å². The van der Waals surface area contributed by atoms with Crippen LogP contribution in [0.25, 0.3) is 22.7 Å². The number of fused-ring (bicyclic) bond motifs is 1. The summed E-state index contributed by atoms with van der Waals surface area (Å²) >= 11 is 0. The molecule has 0 spiro atoms. The van der Waals surface area contributed by atoms with Gasteiger partial charge in [-0.1, -0.05) is 18.2 Å². The van der Waals surface area contributed by atoms with Crippen LogP contribution in [0.4, 0.5) is 5.69 Å². The van der Waals surface area contributed by atoms with Crippen LogP contribution in [0.5, 0.6) is 0 Å². The number of oxazole rings is 1. The summed E-state index contributed by atoms with van der Waals surface area (Å²) in [4.78, 5) is 21.6. The van der Waals surface area contributed by atoms with Gasteiger partial charge in [0.05, 0.1) is 17.6 Å². The molecule has 8 nitrogen and oxygen atoms in total. The molecule has 1 aliphatic rings. The van der Waals surface area contributed by atoms with Crippen molar-refractivity contribution >= 4 is 32.8 Å². The van der Waals surface area contributed by atoms with Gasteiger partial charge in [-0.15, -0.1) is 0 Å². The molecule has 0 atom stereocenters. The van der Waals surface area contributed by atoms with E-state index in [2.05, 4.69) is 15.3 Å². The van der Waals surface area contributed by atoms with Crippen LogP contribution in [0, 0.1) is 12.8 Å². The number of nitrogens with zero attached hydrogens (tertiary/aromatic N) is 3. The summed E-state index contributed by atoms with van der Waals surface area (Å²) < 4.78 is 30.4. The Labute approximate surface area is 169 Å². The van der Waals surface area contributed by atoms with E-state index in [1.807, 2.05) is 30.3 Å². The lowest BCUT2D eigenvalue weighted by molar-refractivity contribution is -0.120. The van der Waals surface area contributed by atoms with Gasteiger partial charge < -0.3 is 9.73 Å². The molecule has 1 aromatic carbocycles. The number of nitrogens with one attached hydrogen (secondary N) is 1. The number of carbonyl (C=O) groups excluding carboxylic acids is 1. The van der Waals surface area contributed by atoms with E-state index < -0.39 is 10.0 Å². The van der Waals surface area contributed by atoms with Crippen molar-refractivity contribution in [1.82, 2.24) is 14.3 Å². The molecule has 1 N–H and O–H groups in total. The minimum absolute atomic E-state index is 0.130. The van der Waals surface area contributed by atoms with Crippen molar-refractivity contribution in [2.45, 2.75) is 19.8 Å². The van der Waals surface area contributed by atoms with E-state index in [9.17, 15) is 13.2 Å².